The second kappa shape index (κ2) is 7.09. The number of methoxy groups -OCH3 is 1. The number of nitrogens with one attached hydrogen (secondary N) is 1. The zero-order valence-corrected chi connectivity index (χ0v) is 17.0. The Balaban J connectivity index is 1.77. The average Bonchev–Trinajstić information content (AvgIpc) is 3.02. The highest BCUT2D eigenvalue weighted by molar-refractivity contribution is 8.01. The van der Waals surface area contributed by atoms with Crippen LogP contribution in [0.1, 0.15) is 36.7 Å². The molecule has 2 aromatic rings. The zero-order valence-electron chi connectivity index (χ0n) is 16.2. The molecule has 0 spiro atoms. The van der Waals surface area contributed by atoms with Gasteiger partial charge in [-0.2, -0.15) is 0 Å². The van der Waals surface area contributed by atoms with E-state index < -0.39 is 11.3 Å². The molecule has 2 aliphatic rings. The molecule has 0 radical (unpaired) electrons. The molecule has 2 amide bonds. The van der Waals surface area contributed by atoms with E-state index >= 15 is 0 Å². The van der Waals surface area contributed by atoms with Gasteiger partial charge in [0.15, 0.2) is 0 Å². The molecule has 0 saturated heterocycles. The summed E-state index contributed by atoms with van der Waals surface area (Å²) in [7, 11) is 1.35. The number of pyridine rings is 2. The molecular weight excluding hydrogens is 376 g/mol. The Morgan fingerprint density at radius 3 is 2.82 bits per heavy atom. The predicted octanol–water partition coefficient (Wildman–Crippen LogP) is 3.53. The molecule has 2 aromatic heterocycles. The second-order valence-electron chi connectivity index (χ2n) is 7.43. The first-order valence-corrected chi connectivity index (χ1v) is 10.1. The van der Waals surface area contributed by atoms with Crippen molar-refractivity contribution in [2.45, 2.75) is 43.5 Å². The van der Waals surface area contributed by atoms with Crippen molar-refractivity contribution in [3.05, 3.63) is 41.3 Å². The SMILES string of the molecule is COC(=O)C1Sc2nccc3c2C1NC(=O)N3c1cnc(CC(C)C)cc1C. The van der Waals surface area contributed by atoms with Crippen molar-refractivity contribution in [1.82, 2.24) is 15.3 Å². The van der Waals surface area contributed by atoms with E-state index in [2.05, 4.69) is 29.1 Å². The van der Waals surface area contributed by atoms with Gasteiger partial charge in [0.1, 0.15) is 10.3 Å². The molecule has 1 N–H and O–H groups in total. The number of nitrogens with zero attached hydrogens (tertiary/aromatic N) is 3. The van der Waals surface area contributed by atoms with E-state index in [1.165, 1.54) is 18.9 Å². The van der Waals surface area contributed by atoms with E-state index in [0.29, 0.717) is 5.92 Å². The van der Waals surface area contributed by atoms with Gasteiger partial charge in [-0.05, 0) is 37.0 Å². The molecule has 0 aliphatic carbocycles. The minimum Gasteiger partial charge on any atom is -0.468 e. The highest BCUT2D eigenvalue weighted by Crippen LogP contribution is 2.50. The van der Waals surface area contributed by atoms with Crippen LogP contribution in [0.3, 0.4) is 0 Å². The maximum Gasteiger partial charge on any atom is 0.327 e. The summed E-state index contributed by atoms with van der Waals surface area (Å²) in [6.45, 7) is 6.28. The number of ether oxygens (including phenoxy) is 1. The van der Waals surface area contributed by atoms with Crippen LogP contribution in [0.2, 0.25) is 0 Å². The van der Waals surface area contributed by atoms with Crippen LogP contribution in [0.5, 0.6) is 0 Å². The number of carbonyl (C=O) groups excluding carboxylic acids is 2. The Morgan fingerprint density at radius 2 is 2.14 bits per heavy atom. The summed E-state index contributed by atoms with van der Waals surface area (Å²) in [5, 5.41) is 3.17. The number of rotatable bonds is 4. The van der Waals surface area contributed by atoms with Gasteiger partial charge < -0.3 is 10.1 Å². The quantitative estimate of drug-likeness (QED) is 0.793. The lowest BCUT2D eigenvalue weighted by Gasteiger charge is -2.34. The number of aryl methyl sites for hydroxylation is 1. The fourth-order valence-electron chi connectivity index (χ4n) is 3.73. The summed E-state index contributed by atoms with van der Waals surface area (Å²) in [6.07, 6.45) is 4.30. The maximum atomic E-state index is 13.0. The monoisotopic (exact) mass is 398 g/mol. The van der Waals surface area contributed by atoms with Gasteiger partial charge in [-0.25, -0.2) is 9.78 Å². The number of esters is 1. The molecule has 2 aliphatic heterocycles. The van der Waals surface area contributed by atoms with Crippen LogP contribution in [-0.2, 0) is 16.0 Å². The number of aromatic nitrogens is 2. The average molecular weight is 398 g/mol. The summed E-state index contributed by atoms with van der Waals surface area (Å²) in [5.74, 6) is 0.135. The van der Waals surface area contributed by atoms with E-state index in [-0.39, 0.29) is 12.0 Å². The van der Waals surface area contributed by atoms with Crippen LogP contribution in [0.15, 0.2) is 29.6 Å². The van der Waals surface area contributed by atoms with Gasteiger partial charge in [0.2, 0.25) is 0 Å². The van der Waals surface area contributed by atoms with Crippen LogP contribution in [0, 0.1) is 12.8 Å². The summed E-state index contributed by atoms with van der Waals surface area (Å²) >= 11 is 1.33. The van der Waals surface area contributed by atoms with Gasteiger partial charge in [-0.15, -0.1) is 0 Å². The standard InChI is InChI=1S/C20H22N4O3S/c1-10(2)7-12-8-11(3)14(9-22-12)24-13-5-6-21-18-15(13)16(23-20(24)26)17(28-18)19(25)27-4/h5-6,8-10,16-17H,7H2,1-4H3,(H,23,26). The van der Waals surface area contributed by atoms with Crippen molar-refractivity contribution >= 4 is 35.1 Å². The minimum absolute atomic E-state index is 0.285. The molecule has 0 saturated carbocycles. The molecule has 28 heavy (non-hydrogen) atoms. The van der Waals surface area contributed by atoms with Gasteiger partial charge in [-0.1, -0.05) is 25.6 Å². The topological polar surface area (TPSA) is 84.4 Å². The number of amides is 2. The summed E-state index contributed by atoms with van der Waals surface area (Å²) in [5.41, 5.74) is 4.29. The maximum absolute atomic E-state index is 13.0. The van der Waals surface area contributed by atoms with Gasteiger partial charge in [0.05, 0.1) is 30.7 Å². The van der Waals surface area contributed by atoms with Crippen LogP contribution < -0.4 is 10.2 Å². The highest BCUT2D eigenvalue weighted by Gasteiger charge is 2.47. The summed E-state index contributed by atoms with van der Waals surface area (Å²) < 4.78 is 4.91. The van der Waals surface area contributed by atoms with Gasteiger partial charge in [0, 0.05) is 17.5 Å². The fraction of sp³-hybridized carbons (Fsp3) is 0.400. The minimum atomic E-state index is -0.535. The number of carbonyl (C=O) groups is 2. The van der Waals surface area contributed by atoms with E-state index in [1.54, 1.807) is 17.3 Å². The molecule has 2 unspecified atom stereocenters. The third-order valence-electron chi connectivity index (χ3n) is 4.94. The van der Waals surface area contributed by atoms with E-state index in [9.17, 15) is 9.59 Å². The molecular formula is C20H22N4O3S. The molecule has 7 nitrogen and oxygen atoms in total. The van der Waals surface area contributed by atoms with Crippen molar-refractivity contribution < 1.29 is 14.3 Å². The number of hydrogen-bond acceptors (Lipinski definition) is 6. The fourth-order valence-corrected chi connectivity index (χ4v) is 4.98. The molecule has 0 aromatic carbocycles. The van der Waals surface area contributed by atoms with Crippen molar-refractivity contribution in [1.29, 1.82) is 0 Å². The van der Waals surface area contributed by atoms with E-state index in [1.807, 2.05) is 19.1 Å². The number of anilines is 2. The summed E-state index contributed by atoms with van der Waals surface area (Å²) in [6, 6.07) is 3.11. The van der Waals surface area contributed by atoms with Gasteiger partial charge >= 0.3 is 12.0 Å². The molecule has 8 heteroatoms. The van der Waals surface area contributed by atoms with Crippen LogP contribution in [0.25, 0.3) is 0 Å². The largest absolute Gasteiger partial charge is 0.468 e. The zero-order chi connectivity index (χ0) is 20.0. The third kappa shape index (κ3) is 3.01. The first-order valence-electron chi connectivity index (χ1n) is 9.20. The first-order chi connectivity index (χ1) is 13.4. The van der Waals surface area contributed by atoms with Crippen molar-refractivity contribution in [3.8, 4) is 0 Å². The first kappa shape index (κ1) is 18.7. The van der Waals surface area contributed by atoms with Gasteiger partial charge in [0.25, 0.3) is 0 Å². The van der Waals surface area contributed by atoms with Crippen molar-refractivity contribution in [3.63, 3.8) is 0 Å². The summed E-state index contributed by atoms with van der Waals surface area (Å²) in [4.78, 5) is 35.8. The lowest BCUT2D eigenvalue weighted by Crippen LogP contribution is -2.47. The van der Waals surface area contributed by atoms with E-state index in [4.69, 9.17) is 4.74 Å². The molecule has 146 valence electrons. The lowest BCUT2D eigenvalue weighted by atomic mass is 10.00. The van der Waals surface area contributed by atoms with E-state index in [0.717, 1.165) is 39.6 Å². The third-order valence-corrected chi connectivity index (χ3v) is 6.20. The number of hydrogen-bond donors (Lipinski definition) is 1. The Bertz CT molecular complexity index is 962. The second-order valence-corrected chi connectivity index (χ2v) is 8.56. The molecule has 4 heterocycles. The Hall–Kier alpha value is -2.61. The Morgan fingerprint density at radius 1 is 1.36 bits per heavy atom. The number of thioether (sulfide) groups is 1. The number of urea groups is 1. The highest BCUT2D eigenvalue weighted by atomic mass is 32.2. The Labute approximate surface area is 167 Å². The van der Waals surface area contributed by atoms with Crippen LogP contribution in [-0.4, -0.2) is 34.3 Å². The Kier molecular flexibility index (Phi) is 4.74. The smallest absolute Gasteiger partial charge is 0.327 e. The normalized spacial score (nSPS) is 20.2. The van der Waals surface area contributed by atoms with Crippen LogP contribution in [0.4, 0.5) is 16.2 Å². The molecule has 2 atom stereocenters. The predicted molar refractivity (Wildman–Crippen MR) is 107 cm³/mol. The van der Waals surface area contributed by atoms with Gasteiger partial charge in [-0.3, -0.25) is 14.7 Å². The molecule has 0 fully saturated rings. The van der Waals surface area contributed by atoms with Crippen molar-refractivity contribution in [2.24, 2.45) is 5.92 Å². The van der Waals surface area contributed by atoms with Crippen LogP contribution >= 0.6 is 11.8 Å². The molecule has 4 rings (SSSR count). The molecule has 0 bridgehead atoms. The lowest BCUT2D eigenvalue weighted by molar-refractivity contribution is -0.140. The van der Waals surface area contributed by atoms with Crippen molar-refractivity contribution in [2.75, 3.05) is 12.0 Å².